The summed E-state index contributed by atoms with van der Waals surface area (Å²) in [5.41, 5.74) is 6.62. The summed E-state index contributed by atoms with van der Waals surface area (Å²) in [5, 5.41) is 15.4. The molecule has 0 unspecified atom stereocenters. The number of methoxy groups -OCH3 is 1. The fourth-order valence-electron chi connectivity index (χ4n) is 4.38. The highest BCUT2D eigenvalue weighted by molar-refractivity contribution is 6.04. The van der Waals surface area contributed by atoms with Crippen LogP contribution in [0.1, 0.15) is 27.3 Å². The van der Waals surface area contributed by atoms with Crippen LogP contribution in [0.25, 0.3) is 22.6 Å². The van der Waals surface area contributed by atoms with Gasteiger partial charge in [-0.1, -0.05) is 12.1 Å². The van der Waals surface area contributed by atoms with Crippen LogP contribution >= 0.6 is 0 Å². The first-order chi connectivity index (χ1) is 15.5. The molecule has 0 saturated heterocycles. The van der Waals surface area contributed by atoms with Gasteiger partial charge in [0.15, 0.2) is 0 Å². The topological polar surface area (TPSA) is 80.5 Å². The Morgan fingerprint density at radius 2 is 1.94 bits per heavy atom. The summed E-state index contributed by atoms with van der Waals surface area (Å²) in [6, 6.07) is 15.6. The minimum absolute atomic E-state index is 0.299. The van der Waals surface area contributed by atoms with E-state index in [1.165, 1.54) is 0 Å². The molecule has 1 N–H and O–H groups in total. The van der Waals surface area contributed by atoms with Crippen LogP contribution < -0.4 is 9.64 Å². The number of rotatable bonds is 5. The number of allylic oxidation sites excluding steroid dienone is 1. The average Bonchev–Trinajstić information content (AvgIpc) is 3.37. The number of pyridine rings is 1. The van der Waals surface area contributed by atoms with Crippen molar-refractivity contribution in [2.24, 2.45) is 7.05 Å². The van der Waals surface area contributed by atoms with Gasteiger partial charge in [0, 0.05) is 37.8 Å². The molecule has 5 rings (SSSR count). The summed E-state index contributed by atoms with van der Waals surface area (Å²) in [4.78, 5) is 18.1. The van der Waals surface area contributed by atoms with Gasteiger partial charge in [-0.2, -0.15) is 5.10 Å². The number of carboxylic acids is 1. The van der Waals surface area contributed by atoms with E-state index in [4.69, 9.17) is 9.84 Å². The van der Waals surface area contributed by atoms with Crippen LogP contribution in [0.15, 0.2) is 54.7 Å². The Hall–Kier alpha value is -4.13. The normalized spacial score (nSPS) is 12.5. The Morgan fingerprint density at radius 3 is 2.66 bits per heavy atom. The van der Waals surface area contributed by atoms with Crippen molar-refractivity contribution in [1.82, 2.24) is 14.8 Å². The molecule has 2 aromatic carbocycles. The zero-order valence-electron chi connectivity index (χ0n) is 18.0. The van der Waals surface area contributed by atoms with Crippen molar-refractivity contribution in [1.29, 1.82) is 0 Å². The van der Waals surface area contributed by atoms with E-state index in [1.54, 1.807) is 19.4 Å². The van der Waals surface area contributed by atoms with Crippen LogP contribution in [0.4, 0.5) is 11.4 Å². The molecule has 0 saturated carbocycles. The van der Waals surface area contributed by atoms with Gasteiger partial charge >= 0.3 is 5.97 Å². The minimum atomic E-state index is -0.934. The van der Waals surface area contributed by atoms with Gasteiger partial charge in [0.25, 0.3) is 0 Å². The van der Waals surface area contributed by atoms with E-state index in [0.717, 1.165) is 44.9 Å². The zero-order chi connectivity index (χ0) is 22.4. The molecule has 0 fully saturated rings. The molecule has 0 spiro atoms. The number of carbonyl (C=O) groups is 1. The van der Waals surface area contributed by atoms with E-state index in [2.05, 4.69) is 16.0 Å². The van der Waals surface area contributed by atoms with Gasteiger partial charge in [0.05, 0.1) is 29.7 Å². The van der Waals surface area contributed by atoms with E-state index < -0.39 is 5.97 Å². The number of aryl methyl sites for hydroxylation is 1. The van der Waals surface area contributed by atoms with Crippen LogP contribution in [0.5, 0.6) is 5.75 Å². The maximum absolute atomic E-state index is 11.6. The smallest absolute Gasteiger partial charge is 0.336 e. The molecule has 7 nitrogen and oxygen atoms in total. The Labute approximate surface area is 185 Å². The molecular weight excluding hydrogens is 404 g/mol. The van der Waals surface area contributed by atoms with Gasteiger partial charge in [-0.15, -0.1) is 0 Å². The zero-order valence-corrected chi connectivity index (χ0v) is 18.0. The van der Waals surface area contributed by atoms with Crippen molar-refractivity contribution >= 4 is 39.9 Å². The first-order valence-electron chi connectivity index (χ1n) is 10.2. The maximum atomic E-state index is 11.6. The van der Waals surface area contributed by atoms with Crippen molar-refractivity contribution in [3.8, 4) is 5.75 Å². The Morgan fingerprint density at radius 1 is 1.16 bits per heavy atom. The standard InChI is InChI=1S/C25H22N4O3/c1-28(16-7-9-17(32-3)10-8-16)22-6-4-5-19-23(22)27-29(2)24(19)15-13-20-18(25(30)31)11-12-26-21(20)14-15/h4-12,14H,13H2,1-3H3,(H,30,31). The number of benzene rings is 2. The van der Waals surface area contributed by atoms with Crippen LogP contribution in [0.3, 0.4) is 0 Å². The molecule has 1 aliphatic carbocycles. The lowest BCUT2D eigenvalue weighted by Crippen LogP contribution is -2.09. The fourth-order valence-corrected chi connectivity index (χ4v) is 4.38. The molecule has 0 bridgehead atoms. The Kier molecular flexibility index (Phi) is 4.66. The van der Waals surface area contributed by atoms with Gasteiger partial charge in [0.2, 0.25) is 0 Å². The molecule has 2 heterocycles. The number of fused-ring (bicyclic) bond motifs is 2. The van der Waals surface area contributed by atoms with Crippen molar-refractivity contribution < 1.29 is 14.6 Å². The molecule has 32 heavy (non-hydrogen) atoms. The van der Waals surface area contributed by atoms with Gasteiger partial charge in [0.1, 0.15) is 11.3 Å². The molecule has 160 valence electrons. The molecule has 1 aliphatic rings. The minimum Gasteiger partial charge on any atom is -0.497 e. The van der Waals surface area contributed by atoms with Crippen LogP contribution in [0.2, 0.25) is 0 Å². The summed E-state index contributed by atoms with van der Waals surface area (Å²) in [7, 11) is 5.58. The lowest BCUT2D eigenvalue weighted by molar-refractivity contribution is 0.0695. The average molecular weight is 426 g/mol. The fraction of sp³-hybridized carbons (Fsp3) is 0.160. The molecular formula is C25H22N4O3. The molecule has 0 aliphatic heterocycles. The summed E-state index contributed by atoms with van der Waals surface area (Å²) in [6.45, 7) is 0. The third-order valence-electron chi connectivity index (χ3n) is 5.97. The highest BCUT2D eigenvalue weighted by atomic mass is 16.5. The van der Waals surface area contributed by atoms with E-state index in [1.807, 2.05) is 61.3 Å². The number of anilines is 2. The van der Waals surface area contributed by atoms with Gasteiger partial charge in [-0.05, 0) is 53.6 Å². The van der Waals surface area contributed by atoms with Crippen molar-refractivity contribution in [2.75, 3.05) is 19.1 Å². The lowest BCUT2D eigenvalue weighted by Gasteiger charge is -2.20. The maximum Gasteiger partial charge on any atom is 0.336 e. The molecule has 0 radical (unpaired) electrons. The highest BCUT2D eigenvalue weighted by Crippen LogP contribution is 2.38. The number of hydrogen-bond donors (Lipinski definition) is 1. The third-order valence-corrected chi connectivity index (χ3v) is 5.97. The van der Waals surface area contributed by atoms with Crippen LogP contribution in [0, 0.1) is 0 Å². The van der Waals surface area contributed by atoms with Gasteiger partial charge in [-0.3, -0.25) is 9.67 Å². The number of nitrogens with zero attached hydrogens (tertiary/aromatic N) is 4. The Balaban J connectivity index is 1.58. The quantitative estimate of drug-likeness (QED) is 0.505. The summed E-state index contributed by atoms with van der Waals surface area (Å²) in [5.74, 6) is -0.126. The SMILES string of the molecule is COc1ccc(N(C)c2cccc3c(C4=Cc5nccc(C(=O)O)c5C4)n(C)nc23)cc1. The second-order valence-corrected chi connectivity index (χ2v) is 7.78. The lowest BCUT2D eigenvalue weighted by atomic mass is 10.0. The third kappa shape index (κ3) is 3.10. The first kappa shape index (κ1) is 19.8. The predicted molar refractivity (Wildman–Crippen MR) is 125 cm³/mol. The number of carboxylic acid groups (broad SMARTS) is 1. The predicted octanol–water partition coefficient (Wildman–Crippen LogP) is 4.54. The number of aromatic nitrogens is 3. The Bertz CT molecular complexity index is 1390. The van der Waals surface area contributed by atoms with Crippen molar-refractivity contribution in [3.05, 3.63) is 77.2 Å². The first-order valence-corrected chi connectivity index (χ1v) is 10.2. The summed E-state index contributed by atoms with van der Waals surface area (Å²) >= 11 is 0. The highest BCUT2D eigenvalue weighted by Gasteiger charge is 2.25. The molecule has 4 aromatic rings. The largest absolute Gasteiger partial charge is 0.497 e. The van der Waals surface area contributed by atoms with Gasteiger partial charge in [-0.25, -0.2) is 4.79 Å². The number of aromatic carboxylic acids is 1. The molecule has 0 atom stereocenters. The number of hydrogen-bond acceptors (Lipinski definition) is 5. The van der Waals surface area contributed by atoms with Crippen molar-refractivity contribution in [3.63, 3.8) is 0 Å². The second kappa shape index (κ2) is 7.53. The van der Waals surface area contributed by atoms with E-state index in [9.17, 15) is 9.90 Å². The molecule has 2 aromatic heterocycles. The van der Waals surface area contributed by atoms with Crippen LogP contribution in [-0.2, 0) is 13.5 Å². The van der Waals surface area contributed by atoms with E-state index in [0.29, 0.717) is 17.7 Å². The summed E-state index contributed by atoms with van der Waals surface area (Å²) in [6.07, 6.45) is 4.03. The van der Waals surface area contributed by atoms with Crippen molar-refractivity contribution in [2.45, 2.75) is 6.42 Å². The molecule has 7 heteroatoms. The van der Waals surface area contributed by atoms with E-state index >= 15 is 0 Å². The van der Waals surface area contributed by atoms with E-state index in [-0.39, 0.29) is 0 Å². The monoisotopic (exact) mass is 426 g/mol. The summed E-state index contributed by atoms with van der Waals surface area (Å²) < 4.78 is 7.14. The number of ether oxygens (including phenoxy) is 1. The molecule has 0 amide bonds. The van der Waals surface area contributed by atoms with Crippen LogP contribution in [-0.4, -0.2) is 40.0 Å². The van der Waals surface area contributed by atoms with Gasteiger partial charge < -0.3 is 14.7 Å². The second-order valence-electron chi connectivity index (χ2n) is 7.78.